The van der Waals surface area contributed by atoms with Crippen molar-refractivity contribution in [3.63, 3.8) is 0 Å². The smallest absolute Gasteiger partial charge is 0.359 e. The number of aromatic hydroxyl groups is 1. The lowest BCUT2D eigenvalue weighted by Crippen LogP contribution is -2.41. The number of fused-ring (bicyclic) bond motifs is 1. The molecule has 0 saturated carbocycles. The third-order valence-electron chi connectivity index (χ3n) is 3.18. The molecule has 0 aliphatic heterocycles. The third-order valence-corrected chi connectivity index (χ3v) is 3.18. The average Bonchev–Trinajstić information content (AvgIpc) is 2.76. The zero-order chi connectivity index (χ0) is 15.1. The molecule has 0 saturated heterocycles. The van der Waals surface area contributed by atoms with Gasteiger partial charge < -0.3 is 15.6 Å². The highest BCUT2D eigenvalue weighted by molar-refractivity contribution is 6.03. The van der Waals surface area contributed by atoms with Crippen LogP contribution in [-0.2, 0) is 15.1 Å². The summed E-state index contributed by atoms with van der Waals surface area (Å²) < 4.78 is 5.98. The van der Waals surface area contributed by atoms with Crippen LogP contribution >= 0.6 is 0 Å². The molecule has 1 aromatic heterocycles. The summed E-state index contributed by atoms with van der Waals surface area (Å²) in [5, 5.41) is 14.2. The van der Waals surface area contributed by atoms with Crippen LogP contribution in [0.25, 0.3) is 10.9 Å². The van der Waals surface area contributed by atoms with Crippen molar-refractivity contribution in [1.29, 1.82) is 0 Å². The lowest BCUT2D eigenvalue weighted by molar-refractivity contribution is -0.125. The zero-order valence-corrected chi connectivity index (χ0v) is 11.4. The number of nitrogens with two attached hydrogens (primary N) is 1. The van der Waals surface area contributed by atoms with Crippen molar-refractivity contribution in [2.45, 2.75) is 19.4 Å². The van der Waals surface area contributed by atoms with E-state index in [1.54, 1.807) is 13.8 Å². The molecular formula is C13H15N3O4. The minimum atomic E-state index is -1.15. The largest absolute Gasteiger partial charge is 0.508 e. The molecule has 0 bridgehead atoms. The molecule has 2 aromatic rings. The number of benzene rings is 1. The van der Waals surface area contributed by atoms with Crippen molar-refractivity contribution in [1.82, 2.24) is 9.78 Å². The molecule has 0 radical (unpaired) electrons. The molecule has 0 spiro atoms. The molecular weight excluding hydrogens is 262 g/mol. The predicted octanol–water partition coefficient (Wildman–Crippen LogP) is 0.749. The molecule has 2 rings (SSSR count). The molecule has 0 unspecified atom stereocenters. The standard InChI is InChI=1S/C13H15N3O4/c1-13(2,12(14)19)16-9-6-7(17)4-5-8(9)10(15-16)11(18)20-3/h4-6,17H,1-3H3,(H2,14,19). The van der Waals surface area contributed by atoms with E-state index in [-0.39, 0.29) is 11.4 Å². The number of aromatic nitrogens is 2. The van der Waals surface area contributed by atoms with Gasteiger partial charge in [-0.05, 0) is 26.0 Å². The number of methoxy groups -OCH3 is 1. The summed E-state index contributed by atoms with van der Waals surface area (Å²) in [6.07, 6.45) is 0. The number of nitrogens with zero attached hydrogens (tertiary/aromatic N) is 2. The molecule has 106 valence electrons. The Hall–Kier alpha value is -2.57. The first-order valence-corrected chi connectivity index (χ1v) is 5.89. The summed E-state index contributed by atoms with van der Waals surface area (Å²) in [5.74, 6) is -1.24. The maximum atomic E-state index is 11.7. The van der Waals surface area contributed by atoms with Gasteiger partial charge in [0, 0.05) is 11.5 Å². The minimum Gasteiger partial charge on any atom is -0.508 e. The maximum absolute atomic E-state index is 11.7. The highest BCUT2D eigenvalue weighted by atomic mass is 16.5. The number of carbonyl (C=O) groups is 2. The number of ether oxygens (including phenoxy) is 1. The van der Waals surface area contributed by atoms with Gasteiger partial charge in [0.2, 0.25) is 5.91 Å². The van der Waals surface area contributed by atoms with Crippen molar-refractivity contribution >= 4 is 22.8 Å². The summed E-state index contributed by atoms with van der Waals surface area (Å²) in [5.41, 5.74) is 4.71. The fraction of sp³-hybridized carbons (Fsp3) is 0.308. The predicted molar refractivity (Wildman–Crippen MR) is 71.3 cm³/mol. The van der Waals surface area contributed by atoms with Gasteiger partial charge in [0.25, 0.3) is 0 Å². The number of amides is 1. The average molecular weight is 277 g/mol. The second-order valence-electron chi connectivity index (χ2n) is 4.88. The highest BCUT2D eigenvalue weighted by Crippen LogP contribution is 2.28. The Kier molecular flexibility index (Phi) is 3.13. The first kappa shape index (κ1) is 13.9. The summed E-state index contributed by atoms with van der Waals surface area (Å²) >= 11 is 0. The van der Waals surface area contributed by atoms with Crippen molar-refractivity contribution in [3.8, 4) is 5.75 Å². The summed E-state index contributed by atoms with van der Waals surface area (Å²) in [7, 11) is 1.24. The Balaban J connectivity index is 2.82. The highest BCUT2D eigenvalue weighted by Gasteiger charge is 2.32. The number of rotatable bonds is 3. The van der Waals surface area contributed by atoms with Crippen LogP contribution in [0.15, 0.2) is 18.2 Å². The topological polar surface area (TPSA) is 107 Å². The number of hydrogen-bond donors (Lipinski definition) is 2. The van der Waals surface area contributed by atoms with Gasteiger partial charge in [-0.2, -0.15) is 5.10 Å². The molecule has 7 heteroatoms. The summed E-state index contributed by atoms with van der Waals surface area (Å²) in [6.45, 7) is 3.15. The number of phenolic OH excluding ortho intramolecular Hbond substituents is 1. The Labute approximate surface area is 114 Å². The first-order valence-electron chi connectivity index (χ1n) is 5.89. The van der Waals surface area contributed by atoms with Crippen molar-refractivity contribution in [2.24, 2.45) is 5.73 Å². The van der Waals surface area contributed by atoms with Crippen molar-refractivity contribution in [3.05, 3.63) is 23.9 Å². The second-order valence-corrected chi connectivity index (χ2v) is 4.88. The summed E-state index contributed by atoms with van der Waals surface area (Å²) in [4.78, 5) is 23.3. The molecule has 7 nitrogen and oxygen atoms in total. The van der Waals surface area contributed by atoms with E-state index in [1.165, 1.54) is 30.0 Å². The third kappa shape index (κ3) is 1.97. The van der Waals surface area contributed by atoms with E-state index in [2.05, 4.69) is 9.84 Å². The van der Waals surface area contributed by atoms with Crippen LogP contribution in [0.5, 0.6) is 5.75 Å². The normalized spacial score (nSPS) is 11.6. The number of carbonyl (C=O) groups excluding carboxylic acids is 2. The molecule has 0 aliphatic rings. The van der Waals surface area contributed by atoms with Gasteiger partial charge in [-0.25, -0.2) is 9.48 Å². The Morgan fingerprint density at radius 2 is 2.05 bits per heavy atom. The number of primary amides is 1. The number of hydrogen-bond acceptors (Lipinski definition) is 5. The van der Waals surface area contributed by atoms with Gasteiger partial charge >= 0.3 is 5.97 Å². The fourth-order valence-electron chi connectivity index (χ4n) is 1.88. The van der Waals surface area contributed by atoms with Gasteiger partial charge in [-0.3, -0.25) is 4.79 Å². The van der Waals surface area contributed by atoms with E-state index in [0.29, 0.717) is 10.9 Å². The van der Waals surface area contributed by atoms with Crippen LogP contribution in [0, 0.1) is 0 Å². The van der Waals surface area contributed by atoms with E-state index in [9.17, 15) is 14.7 Å². The van der Waals surface area contributed by atoms with Crippen LogP contribution in [0.3, 0.4) is 0 Å². The molecule has 0 aliphatic carbocycles. The van der Waals surface area contributed by atoms with E-state index < -0.39 is 17.4 Å². The van der Waals surface area contributed by atoms with Gasteiger partial charge in [0.05, 0.1) is 12.6 Å². The van der Waals surface area contributed by atoms with Crippen LogP contribution in [0.4, 0.5) is 0 Å². The first-order chi connectivity index (χ1) is 9.28. The molecule has 1 aromatic carbocycles. The summed E-state index contributed by atoms with van der Waals surface area (Å²) in [6, 6.07) is 4.38. The monoisotopic (exact) mass is 277 g/mol. The lowest BCUT2D eigenvalue weighted by Gasteiger charge is -2.22. The van der Waals surface area contributed by atoms with E-state index in [0.717, 1.165) is 0 Å². The van der Waals surface area contributed by atoms with Gasteiger partial charge in [0.15, 0.2) is 5.69 Å². The minimum absolute atomic E-state index is 0.00432. The molecule has 3 N–H and O–H groups in total. The SMILES string of the molecule is COC(=O)c1nn(C(C)(C)C(N)=O)c2cc(O)ccc12. The number of phenols is 1. The molecule has 1 amide bonds. The zero-order valence-electron chi connectivity index (χ0n) is 11.4. The number of esters is 1. The van der Waals surface area contributed by atoms with Crippen LogP contribution in [0.1, 0.15) is 24.3 Å². The van der Waals surface area contributed by atoms with Crippen molar-refractivity contribution < 1.29 is 19.4 Å². The van der Waals surface area contributed by atoms with Crippen molar-refractivity contribution in [2.75, 3.05) is 7.11 Å². The Morgan fingerprint density at radius 3 is 2.60 bits per heavy atom. The lowest BCUT2D eigenvalue weighted by atomic mass is 10.1. The Bertz CT molecular complexity index is 703. The molecule has 0 atom stereocenters. The quantitative estimate of drug-likeness (QED) is 0.805. The van der Waals surface area contributed by atoms with E-state index >= 15 is 0 Å². The maximum Gasteiger partial charge on any atom is 0.359 e. The Morgan fingerprint density at radius 1 is 1.40 bits per heavy atom. The van der Waals surface area contributed by atoms with Crippen LogP contribution in [0.2, 0.25) is 0 Å². The second kappa shape index (κ2) is 4.52. The van der Waals surface area contributed by atoms with Gasteiger partial charge in [-0.15, -0.1) is 0 Å². The van der Waals surface area contributed by atoms with Gasteiger partial charge in [-0.1, -0.05) is 0 Å². The molecule has 0 fully saturated rings. The van der Waals surface area contributed by atoms with Crippen LogP contribution < -0.4 is 5.73 Å². The molecule has 20 heavy (non-hydrogen) atoms. The van der Waals surface area contributed by atoms with Crippen LogP contribution in [-0.4, -0.2) is 33.9 Å². The van der Waals surface area contributed by atoms with E-state index in [1.807, 2.05) is 0 Å². The van der Waals surface area contributed by atoms with E-state index in [4.69, 9.17) is 5.73 Å². The van der Waals surface area contributed by atoms with Gasteiger partial charge in [0.1, 0.15) is 11.3 Å². The molecule has 1 heterocycles. The fourth-order valence-corrected chi connectivity index (χ4v) is 1.88.